The highest BCUT2D eigenvalue weighted by Gasteiger charge is 2.24. The van der Waals surface area contributed by atoms with Gasteiger partial charge in [0.05, 0.1) is 16.8 Å². The Morgan fingerprint density at radius 2 is 1.59 bits per heavy atom. The molecule has 2 saturated carbocycles. The highest BCUT2D eigenvalue weighted by Crippen LogP contribution is 2.36. The van der Waals surface area contributed by atoms with Gasteiger partial charge >= 0.3 is 0 Å². The number of rotatable bonds is 6. The molecule has 1 aromatic carbocycles. The van der Waals surface area contributed by atoms with E-state index in [0.29, 0.717) is 18.0 Å². The van der Waals surface area contributed by atoms with Crippen molar-refractivity contribution in [3.05, 3.63) is 54.6 Å². The van der Waals surface area contributed by atoms with Crippen LogP contribution in [0.15, 0.2) is 48.8 Å². The number of anilines is 2. The van der Waals surface area contributed by atoms with E-state index >= 15 is 0 Å². The fourth-order valence-corrected chi connectivity index (χ4v) is 4.37. The van der Waals surface area contributed by atoms with E-state index in [1.165, 1.54) is 25.0 Å². The highest BCUT2D eigenvalue weighted by molar-refractivity contribution is 5.91. The van der Waals surface area contributed by atoms with Crippen molar-refractivity contribution in [2.75, 3.05) is 10.6 Å². The third-order valence-electron chi connectivity index (χ3n) is 6.18. The number of nitrogens with zero attached hydrogens (tertiary/aromatic N) is 5. The van der Waals surface area contributed by atoms with Crippen molar-refractivity contribution < 1.29 is 4.39 Å². The van der Waals surface area contributed by atoms with Gasteiger partial charge in [-0.2, -0.15) is 9.61 Å². The summed E-state index contributed by atoms with van der Waals surface area (Å²) < 4.78 is 15.5. The average Bonchev–Trinajstić information content (AvgIpc) is 3.31. The molecule has 3 aromatic heterocycles. The zero-order valence-corrected chi connectivity index (χ0v) is 17.6. The molecule has 0 aliphatic heterocycles. The highest BCUT2D eigenvalue weighted by atomic mass is 19.1. The van der Waals surface area contributed by atoms with Gasteiger partial charge in [0.1, 0.15) is 11.5 Å². The third-order valence-corrected chi connectivity index (χ3v) is 6.18. The van der Waals surface area contributed by atoms with E-state index in [9.17, 15) is 4.39 Å². The van der Waals surface area contributed by atoms with Gasteiger partial charge in [0.25, 0.3) is 0 Å². The summed E-state index contributed by atoms with van der Waals surface area (Å²) in [5, 5.41) is 11.9. The van der Waals surface area contributed by atoms with E-state index in [-0.39, 0.29) is 5.82 Å². The summed E-state index contributed by atoms with van der Waals surface area (Å²) in [7, 11) is 0. The van der Waals surface area contributed by atoms with Crippen LogP contribution >= 0.6 is 0 Å². The van der Waals surface area contributed by atoms with Gasteiger partial charge in [-0.05, 0) is 62.1 Å². The maximum absolute atomic E-state index is 13.6. The molecule has 0 radical (unpaired) electrons. The van der Waals surface area contributed by atoms with Gasteiger partial charge < -0.3 is 10.6 Å². The first-order valence-electron chi connectivity index (χ1n) is 11.2. The SMILES string of the molecule is Fc1ccc(-c2nn3c(NC4CCCC4)nccc3c2-c2ccnc(NC3CC3)n2)cc1. The molecule has 0 saturated heterocycles. The van der Waals surface area contributed by atoms with Crippen molar-refractivity contribution in [2.45, 2.75) is 50.6 Å². The molecule has 4 aromatic rings. The number of fused-ring (bicyclic) bond motifs is 1. The lowest BCUT2D eigenvalue weighted by Gasteiger charge is -2.13. The van der Waals surface area contributed by atoms with Gasteiger partial charge in [-0.15, -0.1) is 0 Å². The first-order valence-corrected chi connectivity index (χ1v) is 11.2. The van der Waals surface area contributed by atoms with Crippen molar-refractivity contribution >= 4 is 17.4 Å². The van der Waals surface area contributed by atoms with E-state index in [2.05, 4.69) is 20.6 Å². The van der Waals surface area contributed by atoms with Gasteiger partial charge in [0.2, 0.25) is 11.9 Å². The van der Waals surface area contributed by atoms with Gasteiger partial charge in [0, 0.05) is 30.0 Å². The Balaban J connectivity index is 1.51. The normalized spacial score (nSPS) is 16.5. The van der Waals surface area contributed by atoms with Crippen LogP contribution < -0.4 is 10.6 Å². The van der Waals surface area contributed by atoms with Crippen molar-refractivity contribution in [3.8, 4) is 22.5 Å². The Hall–Kier alpha value is -3.55. The van der Waals surface area contributed by atoms with E-state index in [4.69, 9.17) is 10.1 Å². The zero-order valence-electron chi connectivity index (χ0n) is 17.6. The molecular weight excluding hydrogens is 405 g/mol. The van der Waals surface area contributed by atoms with Crippen LogP contribution in [-0.4, -0.2) is 36.6 Å². The minimum absolute atomic E-state index is 0.276. The molecule has 8 heteroatoms. The van der Waals surface area contributed by atoms with Crippen LogP contribution in [0, 0.1) is 5.82 Å². The topological polar surface area (TPSA) is 80.0 Å². The lowest BCUT2D eigenvalue weighted by atomic mass is 10.0. The van der Waals surface area contributed by atoms with E-state index in [1.807, 2.05) is 16.6 Å². The number of benzene rings is 1. The van der Waals surface area contributed by atoms with Crippen LogP contribution in [-0.2, 0) is 0 Å². The predicted octanol–water partition coefficient (Wildman–Crippen LogP) is 4.92. The number of hydrogen-bond acceptors (Lipinski definition) is 6. The molecule has 7 nitrogen and oxygen atoms in total. The molecule has 2 aliphatic rings. The molecule has 0 bridgehead atoms. The molecule has 0 spiro atoms. The van der Waals surface area contributed by atoms with Gasteiger partial charge in [-0.1, -0.05) is 12.8 Å². The minimum atomic E-state index is -0.276. The number of nitrogens with one attached hydrogen (secondary N) is 2. The van der Waals surface area contributed by atoms with Crippen LogP contribution in [0.1, 0.15) is 38.5 Å². The van der Waals surface area contributed by atoms with Crippen LogP contribution in [0.5, 0.6) is 0 Å². The summed E-state index contributed by atoms with van der Waals surface area (Å²) in [5.74, 6) is 1.06. The molecule has 2 fully saturated rings. The third kappa shape index (κ3) is 3.66. The summed E-state index contributed by atoms with van der Waals surface area (Å²) in [4.78, 5) is 13.8. The Kier molecular flexibility index (Phi) is 4.70. The standard InChI is InChI=1S/C24H24FN7/c25-16-7-5-15(6-8-16)22-21(19-11-13-26-23(30-19)28-18-9-10-18)20-12-14-27-24(32(20)31-22)29-17-3-1-2-4-17/h5-8,11-14,17-18H,1-4,9-10H2,(H,27,29)(H,26,28,30). The van der Waals surface area contributed by atoms with E-state index < -0.39 is 0 Å². The summed E-state index contributed by atoms with van der Waals surface area (Å²) in [5.41, 5.74) is 4.12. The Bertz CT molecular complexity index is 1260. The molecule has 6 rings (SSSR count). The largest absolute Gasteiger partial charge is 0.351 e. The van der Waals surface area contributed by atoms with Gasteiger partial charge in [-0.25, -0.2) is 19.3 Å². The van der Waals surface area contributed by atoms with Crippen molar-refractivity contribution in [2.24, 2.45) is 0 Å². The second-order valence-corrected chi connectivity index (χ2v) is 8.61. The van der Waals surface area contributed by atoms with Crippen LogP contribution in [0.3, 0.4) is 0 Å². The molecule has 2 N–H and O–H groups in total. The van der Waals surface area contributed by atoms with Crippen LogP contribution in [0.2, 0.25) is 0 Å². The molecule has 0 unspecified atom stereocenters. The molecule has 162 valence electrons. The van der Waals surface area contributed by atoms with Crippen molar-refractivity contribution in [3.63, 3.8) is 0 Å². The average molecular weight is 430 g/mol. The number of hydrogen-bond donors (Lipinski definition) is 2. The molecule has 3 heterocycles. The smallest absolute Gasteiger partial charge is 0.224 e. The summed E-state index contributed by atoms with van der Waals surface area (Å²) in [6.45, 7) is 0. The van der Waals surface area contributed by atoms with Gasteiger partial charge in [0.15, 0.2) is 0 Å². The van der Waals surface area contributed by atoms with Crippen LogP contribution in [0.25, 0.3) is 28.0 Å². The molecular formula is C24H24FN7. The first-order chi connectivity index (χ1) is 15.7. The summed E-state index contributed by atoms with van der Waals surface area (Å²) in [6.07, 6.45) is 10.6. The maximum atomic E-state index is 13.6. The van der Waals surface area contributed by atoms with Crippen molar-refractivity contribution in [1.29, 1.82) is 0 Å². The maximum Gasteiger partial charge on any atom is 0.224 e. The van der Waals surface area contributed by atoms with Crippen molar-refractivity contribution in [1.82, 2.24) is 24.6 Å². The van der Waals surface area contributed by atoms with Gasteiger partial charge in [-0.3, -0.25) is 0 Å². The van der Waals surface area contributed by atoms with E-state index in [0.717, 1.165) is 59.7 Å². The molecule has 0 amide bonds. The fraction of sp³-hybridized carbons (Fsp3) is 0.333. The monoisotopic (exact) mass is 429 g/mol. The molecule has 2 aliphatic carbocycles. The Morgan fingerprint density at radius 1 is 0.844 bits per heavy atom. The fourth-order valence-electron chi connectivity index (χ4n) is 4.37. The second-order valence-electron chi connectivity index (χ2n) is 8.61. The lowest BCUT2D eigenvalue weighted by molar-refractivity contribution is 0.628. The quantitative estimate of drug-likeness (QED) is 0.453. The Morgan fingerprint density at radius 3 is 2.38 bits per heavy atom. The van der Waals surface area contributed by atoms with Crippen LogP contribution in [0.4, 0.5) is 16.3 Å². The molecule has 32 heavy (non-hydrogen) atoms. The first kappa shape index (κ1) is 19.2. The lowest BCUT2D eigenvalue weighted by Crippen LogP contribution is -2.18. The predicted molar refractivity (Wildman–Crippen MR) is 122 cm³/mol. The number of halogens is 1. The number of aromatic nitrogens is 5. The van der Waals surface area contributed by atoms with E-state index in [1.54, 1.807) is 24.5 Å². The Labute approximate surface area is 185 Å². The molecule has 0 atom stereocenters. The summed E-state index contributed by atoms with van der Waals surface area (Å²) >= 11 is 0. The minimum Gasteiger partial charge on any atom is -0.351 e. The summed E-state index contributed by atoms with van der Waals surface area (Å²) in [6, 6.07) is 11.1. The zero-order chi connectivity index (χ0) is 21.5. The second kappa shape index (κ2) is 7.85.